The number of hydrogen-bond acceptors (Lipinski definition) is 4. The van der Waals surface area contributed by atoms with Crippen LogP contribution in [0, 0.1) is 0 Å². The molecule has 0 aliphatic carbocycles. The maximum atomic E-state index is 12.4. The van der Waals surface area contributed by atoms with Gasteiger partial charge in [-0.1, -0.05) is 0 Å². The maximum absolute atomic E-state index is 12.4. The highest BCUT2D eigenvalue weighted by atomic mass is 32.1. The van der Waals surface area contributed by atoms with Crippen LogP contribution in [0.2, 0.25) is 0 Å². The van der Waals surface area contributed by atoms with Gasteiger partial charge >= 0.3 is 0 Å². The van der Waals surface area contributed by atoms with Gasteiger partial charge in [-0.15, -0.1) is 0 Å². The van der Waals surface area contributed by atoms with Gasteiger partial charge in [0, 0.05) is 49.4 Å². The smallest absolute Gasteiger partial charge is 0.252 e. The molecule has 24 heavy (non-hydrogen) atoms. The zero-order chi connectivity index (χ0) is 16.8. The van der Waals surface area contributed by atoms with Gasteiger partial charge in [0.15, 0.2) is 0 Å². The van der Waals surface area contributed by atoms with Crippen molar-refractivity contribution in [1.29, 1.82) is 0 Å². The fraction of sp³-hybridized carbons (Fsp3) is 0.471. The van der Waals surface area contributed by atoms with Crippen molar-refractivity contribution in [2.45, 2.75) is 31.7 Å². The van der Waals surface area contributed by atoms with Crippen molar-refractivity contribution >= 4 is 23.2 Å². The van der Waals surface area contributed by atoms with Crippen molar-refractivity contribution in [2.24, 2.45) is 0 Å². The van der Waals surface area contributed by atoms with E-state index in [-0.39, 0.29) is 17.9 Å². The Labute approximate surface area is 145 Å². The molecule has 1 saturated heterocycles. The number of aromatic nitrogens is 2. The third-order valence-electron chi connectivity index (χ3n) is 4.28. The average Bonchev–Trinajstić information content (AvgIpc) is 3.32. The third-order valence-corrected chi connectivity index (χ3v) is 4.97. The Bertz CT molecular complexity index is 654. The van der Waals surface area contributed by atoms with Crippen LogP contribution in [-0.4, -0.2) is 46.1 Å². The molecule has 2 amide bonds. The largest absolute Gasteiger partial charge is 0.352 e. The summed E-state index contributed by atoms with van der Waals surface area (Å²) in [7, 11) is 0. The number of nitrogens with zero attached hydrogens (tertiary/aromatic N) is 3. The number of thiophene rings is 1. The molecule has 1 aliphatic heterocycles. The zero-order valence-electron chi connectivity index (χ0n) is 13.6. The Balaban J connectivity index is 1.39. The molecule has 0 unspecified atom stereocenters. The minimum Gasteiger partial charge on any atom is -0.352 e. The molecule has 0 radical (unpaired) electrons. The van der Waals surface area contributed by atoms with Crippen LogP contribution < -0.4 is 5.32 Å². The summed E-state index contributed by atoms with van der Waals surface area (Å²) in [5.41, 5.74) is 0.685. The lowest BCUT2D eigenvalue weighted by Gasteiger charge is -2.33. The van der Waals surface area contributed by atoms with Crippen LogP contribution in [-0.2, 0) is 4.79 Å². The predicted molar refractivity (Wildman–Crippen MR) is 93.0 cm³/mol. The lowest BCUT2D eigenvalue weighted by Crippen LogP contribution is -2.41. The Kier molecular flexibility index (Phi) is 5.63. The molecular weight excluding hydrogens is 324 g/mol. The van der Waals surface area contributed by atoms with Gasteiger partial charge in [-0.05, 0) is 36.8 Å². The molecule has 2 aromatic heterocycles. The summed E-state index contributed by atoms with van der Waals surface area (Å²) >= 11 is 1.50. The standard InChI is InChI=1S/C17H22N4O2S/c22-16(5-1-7-18-17(23)14-6-11-24-13-14)20-9-2-4-15(12-20)21-10-3-8-19-21/h3,6,8,10-11,13,15H,1-2,4-5,7,9,12H2,(H,18,23)/t15-/m1/s1. The molecule has 0 saturated carbocycles. The van der Waals surface area contributed by atoms with Crippen LogP contribution in [0.4, 0.5) is 0 Å². The van der Waals surface area contributed by atoms with E-state index in [4.69, 9.17) is 0 Å². The first-order valence-corrected chi connectivity index (χ1v) is 9.25. The number of hydrogen-bond donors (Lipinski definition) is 1. The Hall–Kier alpha value is -2.15. The predicted octanol–water partition coefficient (Wildman–Crippen LogP) is 2.32. The first-order chi connectivity index (χ1) is 11.7. The van der Waals surface area contributed by atoms with Crippen molar-refractivity contribution in [3.05, 3.63) is 40.8 Å². The van der Waals surface area contributed by atoms with Gasteiger partial charge < -0.3 is 10.2 Å². The minimum atomic E-state index is -0.0691. The van der Waals surface area contributed by atoms with Crippen molar-refractivity contribution < 1.29 is 9.59 Å². The van der Waals surface area contributed by atoms with Crippen LogP contribution >= 0.6 is 11.3 Å². The summed E-state index contributed by atoms with van der Waals surface area (Å²) in [6.07, 6.45) is 6.93. The molecular formula is C17H22N4O2S. The summed E-state index contributed by atoms with van der Waals surface area (Å²) in [5.74, 6) is 0.0945. The summed E-state index contributed by atoms with van der Waals surface area (Å²) < 4.78 is 1.94. The first-order valence-electron chi connectivity index (χ1n) is 8.31. The summed E-state index contributed by atoms with van der Waals surface area (Å²) in [6.45, 7) is 2.07. The van der Waals surface area contributed by atoms with E-state index in [1.165, 1.54) is 11.3 Å². The van der Waals surface area contributed by atoms with E-state index < -0.39 is 0 Å². The van der Waals surface area contributed by atoms with Crippen LogP contribution in [0.25, 0.3) is 0 Å². The second-order valence-electron chi connectivity index (χ2n) is 5.99. The molecule has 1 atom stereocenters. The molecule has 2 aromatic rings. The van der Waals surface area contributed by atoms with Crippen LogP contribution in [0.5, 0.6) is 0 Å². The normalized spacial score (nSPS) is 17.7. The van der Waals surface area contributed by atoms with Gasteiger partial charge in [0.2, 0.25) is 5.91 Å². The monoisotopic (exact) mass is 346 g/mol. The Morgan fingerprint density at radius 3 is 3.08 bits per heavy atom. The summed E-state index contributed by atoms with van der Waals surface area (Å²) in [5, 5.41) is 10.8. The van der Waals surface area contributed by atoms with Gasteiger partial charge in [0.05, 0.1) is 6.04 Å². The number of carbonyl (C=O) groups is 2. The number of carbonyl (C=O) groups excluding carboxylic acids is 2. The maximum Gasteiger partial charge on any atom is 0.252 e. The first kappa shape index (κ1) is 16.7. The lowest BCUT2D eigenvalue weighted by atomic mass is 10.1. The van der Waals surface area contributed by atoms with Crippen molar-refractivity contribution in [1.82, 2.24) is 20.0 Å². The fourth-order valence-corrected chi connectivity index (χ4v) is 3.63. The van der Waals surface area contributed by atoms with Crippen molar-refractivity contribution in [3.8, 4) is 0 Å². The second kappa shape index (κ2) is 8.10. The van der Waals surface area contributed by atoms with E-state index in [0.717, 1.165) is 25.9 Å². The number of rotatable bonds is 6. The average molecular weight is 346 g/mol. The summed E-state index contributed by atoms with van der Waals surface area (Å²) in [6, 6.07) is 3.99. The third kappa shape index (κ3) is 4.23. The van der Waals surface area contributed by atoms with Crippen molar-refractivity contribution in [3.63, 3.8) is 0 Å². The number of amides is 2. The Morgan fingerprint density at radius 1 is 1.42 bits per heavy atom. The number of likely N-dealkylation sites (tertiary alicyclic amines) is 1. The molecule has 1 N–H and O–H groups in total. The van der Waals surface area contributed by atoms with E-state index in [2.05, 4.69) is 10.4 Å². The molecule has 7 heteroatoms. The fourth-order valence-electron chi connectivity index (χ4n) is 2.99. The van der Waals surface area contributed by atoms with E-state index in [9.17, 15) is 9.59 Å². The molecule has 1 fully saturated rings. The molecule has 6 nitrogen and oxygen atoms in total. The van der Waals surface area contributed by atoms with Gasteiger partial charge in [-0.25, -0.2) is 0 Å². The van der Waals surface area contributed by atoms with Crippen LogP contribution in [0.15, 0.2) is 35.3 Å². The number of piperidine rings is 1. The highest BCUT2D eigenvalue weighted by molar-refractivity contribution is 7.08. The van der Waals surface area contributed by atoms with E-state index in [0.29, 0.717) is 24.9 Å². The van der Waals surface area contributed by atoms with Gasteiger partial charge in [-0.3, -0.25) is 14.3 Å². The zero-order valence-corrected chi connectivity index (χ0v) is 14.4. The molecule has 3 heterocycles. The van der Waals surface area contributed by atoms with Crippen molar-refractivity contribution in [2.75, 3.05) is 19.6 Å². The van der Waals surface area contributed by atoms with Gasteiger partial charge in [0.1, 0.15) is 0 Å². The molecule has 3 rings (SSSR count). The Morgan fingerprint density at radius 2 is 2.33 bits per heavy atom. The molecule has 0 spiro atoms. The highest BCUT2D eigenvalue weighted by Gasteiger charge is 2.24. The lowest BCUT2D eigenvalue weighted by molar-refractivity contribution is -0.133. The van der Waals surface area contributed by atoms with Gasteiger partial charge in [-0.2, -0.15) is 16.4 Å². The second-order valence-corrected chi connectivity index (χ2v) is 6.77. The topological polar surface area (TPSA) is 67.2 Å². The van der Waals surface area contributed by atoms with Gasteiger partial charge in [0.25, 0.3) is 5.91 Å². The van der Waals surface area contributed by atoms with E-state index in [1.54, 1.807) is 12.3 Å². The van der Waals surface area contributed by atoms with E-state index >= 15 is 0 Å². The SMILES string of the molecule is O=C(NCCCC(=O)N1CCC[C@@H](n2cccn2)C1)c1ccsc1. The highest BCUT2D eigenvalue weighted by Crippen LogP contribution is 2.21. The molecule has 128 valence electrons. The molecule has 0 aromatic carbocycles. The summed E-state index contributed by atoms with van der Waals surface area (Å²) in [4.78, 5) is 26.1. The van der Waals surface area contributed by atoms with Crippen LogP contribution in [0.1, 0.15) is 42.1 Å². The quantitative estimate of drug-likeness (QED) is 0.816. The molecule has 0 bridgehead atoms. The van der Waals surface area contributed by atoms with Crippen LogP contribution in [0.3, 0.4) is 0 Å². The minimum absolute atomic E-state index is 0.0691. The number of nitrogens with one attached hydrogen (secondary N) is 1. The van der Waals surface area contributed by atoms with E-state index in [1.807, 2.05) is 32.6 Å². The molecule has 1 aliphatic rings.